The minimum atomic E-state index is -1.26. The smallest absolute Gasteiger partial charge is 0.197 e. The number of rotatable bonds is 5. The van der Waals surface area contributed by atoms with Gasteiger partial charge in [-0.05, 0) is 24.5 Å². The van der Waals surface area contributed by atoms with Crippen LogP contribution in [-0.4, -0.2) is 37.1 Å². The average molecular weight is 345 g/mol. The summed E-state index contributed by atoms with van der Waals surface area (Å²) < 4.78 is 36.4. The lowest BCUT2D eigenvalue weighted by atomic mass is 10.00. The summed E-state index contributed by atoms with van der Waals surface area (Å²) in [4.78, 5) is 0. The molecule has 2 aliphatic heterocycles. The fourth-order valence-corrected chi connectivity index (χ4v) is 3.21. The van der Waals surface area contributed by atoms with Gasteiger partial charge in [-0.1, -0.05) is 43.6 Å². The molecule has 5 atom stereocenters. The Labute approximate surface area is 140 Å². The van der Waals surface area contributed by atoms with Gasteiger partial charge in [0, 0.05) is 5.02 Å². The van der Waals surface area contributed by atoms with Gasteiger partial charge in [0.15, 0.2) is 12.1 Å². The zero-order valence-electron chi connectivity index (χ0n) is 13.5. The van der Waals surface area contributed by atoms with Gasteiger partial charge < -0.3 is 18.9 Å². The molecule has 6 heteroatoms. The Morgan fingerprint density at radius 1 is 1.30 bits per heavy atom. The molecule has 0 radical (unpaired) electrons. The molecule has 0 aromatic heterocycles. The lowest BCUT2D eigenvalue weighted by molar-refractivity contribution is -0.237. The van der Waals surface area contributed by atoms with Gasteiger partial charge in [0.25, 0.3) is 0 Å². The highest BCUT2D eigenvalue weighted by Gasteiger charge is 2.57. The van der Waals surface area contributed by atoms with Crippen molar-refractivity contribution in [2.45, 2.75) is 57.8 Å². The van der Waals surface area contributed by atoms with E-state index in [4.69, 9.17) is 30.5 Å². The van der Waals surface area contributed by atoms with E-state index in [1.807, 2.05) is 38.1 Å². The Bertz CT molecular complexity index is 555. The summed E-state index contributed by atoms with van der Waals surface area (Å²) in [6.45, 7) is 5.28. The van der Waals surface area contributed by atoms with E-state index in [9.17, 15) is 4.39 Å². The van der Waals surface area contributed by atoms with Crippen LogP contribution in [0.4, 0.5) is 4.39 Å². The van der Waals surface area contributed by atoms with Crippen molar-refractivity contribution < 1.29 is 23.3 Å². The van der Waals surface area contributed by atoms with E-state index >= 15 is 0 Å². The van der Waals surface area contributed by atoms with Gasteiger partial charge in [-0.2, -0.15) is 0 Å². The molecule has 0 aliphatic carbocycles. The standard InChI is InChI=1S/C17H22ClFO4/c1-10(2)13-14(20-8-11-6-4-5-7-12(11)18)15-16(21-13)23-17(3,9-19)22-15/h4-7,10,13-16H,8-9H2,1-3H3/t13-,14+,15-,16-,17?/m1/s1. The van der Waals surface area contributed by atoms with Gasteiger partial charge in [0.05, 0.1) is 12.7 Å². The maximum absolute atomic E-state index is 13.1. The third kappa shape index (κ3) is 3.39. The van der Waals surface area contributed by atoms with Gasteiger partial charge in [-0.25, -0.2) is 4.39 Å². The molecule has 0 N–H and O–H groups in total. The number of benzene rings is 1. The van der Waals surface area contributed by atoms with Crippen LogP contribution in [0, 0.1) is 5.92 Å². The molecular formula is C17H22ClFO4. The van der Waals surface area contributed by atoms with Crippen LogP contribution in [0.2, 0.25) is 5.02 Å². The summed E-state index contributed by atoms with van der Waals surface area (Å²) in [7, 11) is 0. The lowest BCUT2D eigenvalue weighted by Crippen LogP contribution is -2.40. The van der Waals surface area contributed by atoms with Crippen LogP contribution < -0.4 is 0 Å². The van der Waals surface area contributed by atoms with Gasteiger partial charge in [-0.3, -0.25) is 0 Å². The van der Waals surface area contributed by atoms with E-state index in [0.717, 1.165) is 5.56 Å². The van der Waals surface area contributed by atoms with E-state index in [-0.39, 0.29) is 18.1 Å². The van der Waals surface area contributed by atoms with Crippen LogP contribution >= 0.6 is 11.6 Å². The number of fused-ring (bicyclic) bond motifs is 1. The first-order valence-electron chi connectivity index (χ1n) is 7.85. The van der Waals surface area contributed by atoms with Gasteiger partial charge in [-0.15, -0.1) is 0 Å². The molecule has 128 valence electrons. The number of hydrogen-bond acceptors (Lipinski definition) is 4. The third-order valence-corrected chi connectivity index (χ3v) is 4.62. The van der Waals surface area contributed by atoms with Crippen LogP contribution in [0.15, 0.2) is 24.3 Å². The molecule has 2 heterocycles. The minimum Gasteiger partial charge on any atom is -0.368 e. The van der Waals surface area contributed by atoms with E-state index in [2.05, 4.69) is 0 Å². The first kappa shape index (κ1) is 17.1. The summed E-state index contributed by atoms with van der Waals surface area (Å²) in [6, 6.07) is 7.52. The quantitative estimate of drug-likeness (QED) is 0.816. The first-order chi connectivity index (χ1) is 10.9. The molecule has 2 aliphatic rings. The van der Waals surface area contributed by atoms with Crippen molar-refractivity contribution in [1.82, 2.24) is 0 Å². The van der Waals surface area contributed by atoms with Crippen LogP contribution in [0.1, 0.15) is 26.3 Å². The number of hydrogen-bond donors (Lipinski definition) is 0. The molecule has 1 aromatic rings. The van der Waals surface area contributed by atoms with E-state index in [0.29, 0.717) is 11.6 Å². The van der Waals surface area contributed by atoms with E-state index in [1.54, 1.807) is 6.92 Å². The molecule has 1 aromatic carbocycles. The number of halogens is 2. The first-order valence-corrected chi connectivity index (χ1v) is 8.23. The van der Waals surface area contributed by atoms with Gasteiger partial charge in [0.2, 0.25) is 0 Å². The molecule has 0 saturated carbocycles. The molecule has 2 saturated heterocycles. The third-order valence-electron chi connectivity index (χ3n) is 4.25. The molecule has 0 bridgehead atoms. The van der Waals surface area contributed by atoms with Crippen LogP contribution in [0.3, 0.4) is 0 Å². The zero-order valence-corrected chi connectivity index (χ0v) is 14.3. The highest BCUT2D eigenvalue weighted by atomic mass is 35.5. The second-order valence-electron chi connectivity index (χ2n) is 6.55. The van der Waals surface area contributed by atoms with Crippen LogP contribution in [-0.2, 0) is 25.6 Å². The SMILES string of the molecule is CC(C)[C@H]1O[C@@H]2OC(C)(CF)O[C@@H]2[C@H]1OCc1ccccc1Cl. The molecule has 23 heavy (non-hydrogen) atoms. The van der Waals surface area contributed by atoms with Crippen LogP contribution in [0.5, 0.6) is 0 Å². The molecule has 0 amide bonds. The van der Waals surface area contributed by atoms with Crippen molar-refractivity contribution in [1.29, 1.82) is 0 Å². The fourth-order valence-electron chi connectivity index (χ4n) is 3.02. The van der Waals surface area contributed by atoms with Crippen molar-refractivity contribution in [2.75, 3.05) is 6.67 Å². The Morgan fingerprint density at radius 2 is 2.04 bits per heavy atom. The maximum Gasteiger partial charge on any atom is 0.197 e. The van der Waals surface area contributed by atoms with Crippen molar-refractivity contribution in [3.8, 4) is 0 Å². The fraction of sp³-hybridized carbons (Fsp3) is 0.647. The average Bonchev–Trinajstić information content (AvgIpc) is 3.01. The Hall–Kier alpha value is -0.720. The molecular weight excluding hydrogens is 323 g/mol. The van der Waals surface area contributed by atoms with E-state index in [1.165, 1.54) is 0 Å². The summed E-state index contributed by atoms with van der Waals surface area (Å²) in [5, 5.41) is 0.654. The summed E-state index contributed by atoms with van der Waals surface area (Å²) in [5.41, 5.74) is 0.896. The van der Waals surface area contributed by atoms with Crippen molar-refractivity contribution in [2.24, 2.45) is 5.92 Å². The lowest BCUT2D eigenvalue weighted by Gasteiger charge is -2.28. The normalized spacial score (nSPS) is 36.6. The zero-order chi connectivity index (χ0) is 16.6. The second kappa shape index (κ2) is 6.65. The monoisotopic (exact) mass is 344 g/mol. The van der Waals surface area contributed by atoms with Gasteiger partial charge >= 0.3 is 0 Å². The Balaban J connectivity index is 1.73. The van der Waals surface area contributed by atoms with Gasteiger partial charge in [0.1, 0.15) is 18.9 Å². The molecule has 3 rings (SSSR count). The Morgan fingerprint density at radius 3 is 2.70 bits per heavy atom. The highest BCUT2D eigenvalue weighted by Crippen LogP contribution is 2.41. The Kier molecular flexibility index (Phi) is 4.95. The van der Waals surface area contributed by atoms with Crippen molar-refractivity contribution in [3.05, 3.63) is 34.9 Å². The number of ether oxygens (including phenoxy) is 4. The minimum absolute atomic E-state index is 0.170. The molecule has 4 nitrogen and oxygen atoms in total. The highest BCUT2D eigenvalue weighted by molar-refractivity contribution is 6.31. The van der Waals surface area contributed by atoms with Crippen molar-refractivity contribution >= 4 is 11.6 Å². The predicted molar refractivity (Wildman–Crippen MR) is 83.9 cm³/mol. The number of alkyl halides is 1. The second-order valence-corrected chi connectivity index (χ2v) is 6.96. The summed E-state index contributed by atoms with van der Waals surface area (Å²) >= 11 is 6.17. The topological polar surface area (TPSA) is 36.9 Å². The molecule has 0 spiro atoms. The molecule has 2 fully saturated rings. The van der Waals surface area contributed by atoms with E-state index < -0.39 is 24.9 Å². The maximum atomic E-state index is 13.1. The van der Waals surface area contributed by atoms with Crippen LogP contribution in [0.25, 0.3) is 0 Å². The van der Waals surface area contributed by atoms with Crippen molar-refractivity contribution in [3.63, 3.8) is 0 Å². The summed E-state index contributed by atoms with van der Waals surface area (Å²) in [5.74, 6) is -1.04. The predicted octanol–water partition coefficient (Wildman–Crippen LogP) is 3.71. The largest absolute Gasteiger partial charge is 0.368 e. The molecule has 1 unspecified atom stereocenters. The summed E-state index contributed by atoms with van der Waals surface area (Å²) in [6.07, 6.45) is -1.54.